The van der Waals surface area contributed by atoms with Crippen LogP contribution in [0.2, 0.25) is 0 Å². The highest BCUT2D eigenvalue weighted by Gasteiger charge is 2.75. The molecule has 7 heteroatoms. The second kappa shape index (κ2) is 5.97. The maximum atomic E-state index is 13.0. The molecule has 1 saturated carbocycles. The van der Waals surface area contributed by atoms with Crippen LogP contribution in [-0.2, 0) is 30.9 Å². The van der Waals surface area contributed by atoms with Gasteiger partial charge in [-0.25, -0.2) is 4.79 Å². The van der Waals surface area contributed by atoms with Crippen LogP contribution in [0.15, 0.2) is 12.1 Å². The Morgan fingerprint density at radius 1 is 1.31 bits per heavy atom. The lowest BCUT2D eigenvalue weighted by molar-refractivity contribution is -0.210. The van der Waals surface area contributed by atoms with Gasteiger partial charge in [-0.3, -0.25) is 9.59 Å². The van der Waals surface area contributed by atoms with Gasteiger partial charge in [0.15, 0.2) is 11.9 Å². The Hall–Kier alpha value is -2.57. The van der Waals surface area contributed by atoms with E-state index in [0.29, 0.717) is 25.8 Å². The van der Waals surface area contributed by atoms with Gasteiger partial charge in [-0.05, 0) is 44.2 Å². The van der Waals surface area contributed by atoms with E-state index in [2.05, 4.69) is 6.07 Å². The van der Waals surface area contributed by atoms with Crippen LogP contribution in [0.1, 0.15) is 49.8 Å². The van der Waals surface area contributed by atoms with E-state index in [1.54, 1.807) is 11.8 Å². The molecule has 0 aromatic heterocycles. The quantitative estimate of drug-likeness (QED) is 0.711. The molecule has 7 nitrogen and oxygen atoms in total. The van der Waals surface area contributed by atoms with Crippen LogP contribution in [-0.4, -0.2) is 53.6 Å². The number of aryl methyl sites for hydroxylation is 1. The molecule has 154 valence electrons. The number of carbonyl (C=O) groups excluding carboxylic acids is 3. The van der Waals surface area contributed by atoms with Crippen molar-refractivity contribution in [1.82, 2.24) is 4.90 Å². The van der Waals surface area contributed by atoms with Crippen LogP contribution in [0.4, 0.5) is 4.79 Å². The number of nitrogens with zero attached hydrogens (tertiary/aromatic N) is 1. The van der Waals surface area contributed by atoms with Crippen molar-refractivity contribution in [3.05, 3.63) is 28.8 Å². The number of hydrogen-bond donors (Lipinski definition) is 0. The summed E-state index contributed by atoms with van der Waals surface area (Å²) in [6, 6.07) is 3.66. The topological polar surface area (TPSA) is 82.1 Å². The number of esters is 1. The smallest absolute Gasteiger partial charge is 0.410 e. The average Bonchev–Trinajstić information content (AvgIpc) is 3.01. The molecular formula is C22H25NO6. The van der Waals surface area contributed by atoms with Gasteiger partial charge in [0.05, 0.1) is 18.1 Å². The highest BCUT2D eigenvalue weighted by atomic mass is 16.6. The molecule has 1 aromatic rings. The number of hydrogen-bond acceptors (Lipinski definition) is 6. The Balaban J connectivity index is 1.77. The Bertz CT molecular complexity index is 941. The van der Waals surface area contributed by atoms with Gasteiger partial charge in [0.1, 0.15) is 11.4 Å². The summed E-state index contributed by atoms with van der Waals surface area (Å²) in [4.78, 5) is 39.8. The number of ketones is 1. The molecule has 0 radical (unpaired) electrons. The molecular weight excluding hydrogens is 374 g/mol. The van der Waals surface area contributed by atoms with E-state index in [9.17, 15) is 14.4 Å². The van der Waals surface area contributed by atoms with E-state index < -0.39 is 29.2 Å². The second-order valence-electron chi connectivity index (χ2n) is 8.53. The third-order valence-electron chi connectivity index (χ3n) is 7.26. The molecule has 1 saturated heterocycles. The average molecular weight is 399 g/mol. The van der Waals surface area contributed by atoms with Crippen molar-refractivity contribution < 1.29 is 28.6 Å². The number of piperidine rings is 1. The number of likely N-dealkylation sites (tertiary alicyclic amines) is 1. The van der Waals surface area contributed by atoms with Crippen molar-refractivity contribution in [2.45, 2.75) is 69.6 Å². The number of amides is 1. The van der Waals surface area contributed by atoms with Crippen LogP contribution < -0.4 is 4.74 Å². The zero-order chi connectivity index (χ0) is 20.6. The van der Waals surface area contributed by atoms with Crippen LogP contribution in [0.5, 0.6) is 5.75 Å². The van der Waals surface area contributed by atoms with Gasteiger partial charge < -0.3 is 19.1 Å². The number of Topliss-reactive ketones (excluding diaryl/α,β-unsaturated/α-hetero) is 1. The maximum absolute atomic E-state index is 13.0. The van der Waals surface area contributed by atoms with Gasteiger partial charge in [0.2, 0.25) is 0 Å². The van der Waals surface area contributed by atoms with Gasteiger partial charge in [-0.2, -0.15) is 0 Å². The van der Waals surface area contributed by atoms with Crippen molar-refractivity contribution in [3.8, 4) is 5.75 Å². The van der Waals surface area contributed by atoms with Crippen molar-refractivity contribution in [3.63, 3.8) is 0 Å². The minimum atomic E-state index is -0.992. The van der Waals surface area contributed by atoms with Gasteiger partial charge in [0, 0.05) is 25.5 Å². The van der Waals surface area contributed by atoms with E-state index in [1.807, 2.05) is 13.0 Å². The molecule has 29 heavy (non-hydrogen) atoms. The number of benzene rings is 1. The Morgan fingerprint density at radius 2 is 2.10 bits per heavy atom. The fourth-order valence-electron chi connectivity index (χ4n) is 6.34. The standard InChI is InChI=1S/C22H25NO6/c1-4-27-20(26)23-10-9-21-17-14-6-5-12(2)18(17)28-19(21)15(25)7-8-22(21,16(23)11-14)29-13(3)24/h5-6,16,19H,4,7-11H2,1-3H3/t16-,19+,21+,22-/m1/s1. The van der Waals surface area contributed by atoms with Gasteiger partial charge in [-0.15, -0.1) is 0 Å². The Labute approximate surface area is 169 Å². The summed E-state index contributed by atoms with van der Waals surface area (Å²) < 4.78 is 17.7. The van der Waals surface area contributed by atoms with E-state index in [-0.39, 0.29) is 24.9 Å². The molecule has 4 aliphatic rings. The van der Waals surface area contributed by atoms with E-state index in [0.717, 1.165) is 22.4 Å². The molecule has 2 aliphatic heterocycles. The molecule has 2 fully saturated rings. The van der Waals surface area contributed by atoms with Crippen LogP contribution in [0.25, 0.3) is 0 Å². The summed E-state index contributed by atoms with van der Waals surface area (Å²) >= 11 is 0. The monoisotopic (exact) mass is 399 g/mol. The van der Waals surface area contributed by atoms with Gasteiger partial charge in [0.25, 0.3) is 0 Å². The van der Waals surface area contributed by atoms with Crippen molar-refractivity contribution in [1.29, 1.82) is 0 Å². The predicted molar refractivity (Wildman–Crippen MR) is 102 cm³/mol. The van der Waals surface area contributed by atoms with Crippen LogP contribution >= 0.6 is 0 Å². The summed E-state index contributed by atoms with van der Waals surface area (Å²) in [7, 11) is 0. The lowest BCUT2D eigenvalue weighted by Gasteiger charge is -2.63. The SMILES string of the molecule is CCOC(=O)N1CC[C@]23c4c5ccc(C)c4O[C@H]2C(=O)CC[C@@]3(OC(C)=O)[C@H]1C5. The van der Waals surface area contributed by atoms with E-state index >= 15 is 0 Å². The zero-order valence-electron chi connectivity index (χ0n) is 16.9. The first kappa shape index (κ1) is 18.5. The van der Waals surface area contributed by atoms with E-state index in [4.69, 9.17) is 14.2 Å². The molecule has 2 aliphatic carbocycles. The third-order valence-corrected chi connectivity index (χ3v) is 7.26. The fraction of sp³-hybridized carbons (Fsp3) is 0.591. The Morgan fingerprint density at radius 3 is 2.83 bits per heavy atom. The van der Waals surface area contributed by atoms with Crippen LogP contribution in [0.3, 0.4) is 0 Å². The van der Waals surface area contributed by atoms with Gasteiger partial charge in [-0.1, -0.05) is 12.1 Å². The minimum Gasteiger partial charge on any atom is -0.481 e. The second-order valence-corrected chi connectivity index (χ2v) is 8.53. The third kappa shape index (κ3) is 2.11. The molecule has 1 amide bonds. The highest BCUT2D eigenvalue weighted by Crippen LogP contribution is 2.65. The number of carbonyl (C=O) groups is 3. The van der Waals surface area contributed by atoms with Crippen molar-refractivity contribution in [2.24, 2.45) is 0 Å². The zero-order valence-corrected chi connectivity index (χ0v) is 16.9. The lowest BCUT2D eigenvalue weighted by Crippen LogP contribution is -2.78. The summed E-state index contributed by atoms with van der Waals surface area (Å²) in [5, 5.41) is 0. The van der Waals surface area contributed by atoms with Gasteiger partial charge >= 0.3 is 12.1 Å². The molecule has 1 aromatic carbocycles. The summed E-state index contributed by atoms with van der Waals surface area (Å²) in [6.45, 7) is 5.85. The first-order valence-electron chi connectivity index (χ1n) is 10.3. The Kier molecular flexibility index (Phi) is 3.80. The summed E-state index contributed by atoms with van der Waals surface area (Å²) in [5.41, 5.74) is 1.30. The first-order chi connectivity index (χ1) is 13.9. The normalized spacial score (nSPS) is 33.6. The first-order valence-corrected chi connectivity index (χ1v) is 10.3. The highest BCUT2D eigenvalue weighted by molar-refractivity contribution is 5.90. The van der Waals surface area contributed by atoms with Crippen molar-refractivity contribution >= 4 is 17.8 Å². The maximum Gasteiger partial charge on any atom is 0.410 e. The fourth-order valence-corrected chi connectivity index (χ4v) is 6.34. The summed E-state index contributed by atoms with van der Waals surface area (Å²) in [6.07, 6.45) is 0.601. The number of ether oxygens (including phenoxy) is 3. The molecule has 4 atom stereocenters. The number of rotatable bonds is 2. The molecule has 0 N–H and O–H groups in total. The molecule has 1 spiro atoms. The molecule has 2 bridgehead atoms. The lowest BCUT2D eigenvalue weighted by atomic mass is 9.48. The minimum absolute atomic E-state index is 0.0413. The molecule has 0 unspecified atom stereocenters. The van der Waals surface area contributed by atoms with Crippen LogP contribution in [0, 0.1) is 6.92 Å². The summed E-state index contributed by atoms with van der Waals surface area (Å²) in [5.74, 6) is 0.389. The van der Waals surface area contributed by atoms with Crippen molar-refractivity contribution in [2.75, 3.05) is 13.2 Å². The molecule has 2 heterocycles. The molecule has 5 rings (SSSR count). The predicted octanol–water partition coefficient (Wildman–Crippen LogP) is 2.45. The van der Waals surface area contributed by atoms with E-state index in [1.165, 1.54) is 6.92 Å². The largest absolute Gasteiger partial charge is 0.481 e.